The van der Waals surface area contributed by atoms with E-state index in [0.29, 0.717) is 38.8 Å². The molecule has 132 valence electrons. The maximum absolute atomic E-state index is 12.7. The molecule has 0 radical (unpaired) electrons. The summed E-state index contributed by atoms with van der Waals surface area (Å²) in [5, 5.41) is 3.28. The highest BCUT2D eigenvalue weighted by molar-refractivity contribution is 5.75. The third-order valence-electron chi connectivity index (χ3n) is 5.94. The molecule has 3 fully saturated rings. The van der Waals surface area contributed by atoms with E-state index in [9.17, 15) is 4.79 Å². The van der Waals surface area contributed by atoms with Gasteiger partial charge >= 0.3 is 6.03 Å². The first kappa shape index (κ1) is 17.0. The second-order valence-corrected chi connectivity index (χ2v) is 7.13. The number of methoxy groups -OCH3 is 1. The standard InChI is InChI=1S/C17H30N2O4/c1-4-22-11-13-10-19(8-9-23-13)16(20)18-14-12(2)15(21-3)17(14)6-5-7-17/h12-15H,4-11H2,1-3H3,(H,18,20). The molecule has 1 aliphatic heterocycles. The Hall–Kier alpha value is -0.850. The molecular formula is C17H30N2O4. The highest BCUT2D eigenvalue weighted by atomic mass is 16.5. The average Bonchev–Trinajstić information content (AvgIpc) is 2.53. The van der Waals surface area contributed by atoms with Gasteiger partial charge in [0.05, 0.1) is 32.0 Å². The molecule has 0 aromatic heterocycles. The van der Waals surface area contributed by atoms with Crippen LogP contribution in [0.25, 0.3) is 0 Å². The molecular weight excluding hydrogens is 296 g/mol. The summed E-state index contributed by atoms with van der Waals surface area (Å²) in [6.07, 6.45) is 3.84. The lowest BCUT2D eigenvalue weighted by Gasteiger charge is -2.64. The number of urea groups is 1. The van der Waals surface area contributed by atoms with E-state index in [1.807, 2.05) is 11.8 Å². The minimum atomic E-state index is -0.0161. The first-order chi connectivity index (χ1) is 11.1. The van der Waals surface area contributed by atoms with Crippen LogP contribution >= 0.6 is 0 Å². The first-order valence-corrected chi connectivity index (χ1v) is 8.90. The van der Waals surface area contributed by atoms with Crippen molar-refractivity contribution in [3.05, 3.63) is 0 Å². The quantitative estimate of drug-likeness (QED) is 0.834. The lowest BCUT2D eigenvalue weighted by molar-refractivity contribution is -0.198. The van der Waals surface area contributed by atoms with Crippen molar-refractivity contribution in [2.24, 2.45) is 11.3 Å². The molecule has 3 aliphatic rings. The van der Waals surface area contributed by atoms with Crippen molar-refractivity contribution in [2.45, 2.75) is 51.4 Å². The number of amides is 2. The van der Waals surface area contributed by atoms with Crippen molar-refractivity contribution in [3.63, 3.8) is 0 Å². The van der Waals surface area contributed by atoms with Crippen LogP contribution in [0.3, 0.4) is 0 Å². The lowest BCUT2D eigenvalue weighted by atomic mass is 9.46. The Morgan fingerprint density at radius 1 is 1.43 bits per heavy atom. The van der Waals surface area contributed by atoms with Gasteiger partial charge in [0.25, 0.3) is 0 Å². The summed E-state index contributed by atoms with van der Waals surface area (Å²) in [4.78, 5) is 14.5. The molecule has 4 atom stereocenters. The second-order valence-electron chi connectivity index (χ2n) is 7.13. The molecule has 0 aromatic carbocycles. The van der Waals surface area contributed by atoms with Crippen LogP contribution in [-0.4, -0.2) is 69.2 Å². The van der Waals surface area contributed by atoms with Crippen molar-refractivity contribution in [1.82, 2.24) is 10.2 Å². The van der Waals surface area contributed by atoms with Gasteiger partial charge < -0.3 is 24.4 Å². The zero-order valence-corrected chi connectivity index (χ0v) is 14.5. The van der Waals surface area contributed by atoms with Crippen LogP contribution in [0.1, 0.15) is 33.1 Å². The van der Waals surface area contributed by atoms with Crippen LogP contribution in [0.2, 0.25) is 0 Å². The number of nitrogens with zero attached hydrogens (tertiary/aromatic N) is 1. The molecule has 4 unspecified atom stereocenters. The van der Waals surface area contributed by atoms with Gasteiger partial charge in [-0.25, -0.2) is 4.79 Å². The Labute approximate surface area is 138 Å². The Balaban J connectivity index is 1.54. The van der Waals surface area contributed by atoms with Crippen molar-refractivity contribution in [1.29, 1.82) is 0 Å². The summed E-state index contributed by atoms with van der Waals surface area (Å²) in [6, 6.07) is 0.273. The summed E-state index contributed by atoms with van der Waals surface area (Å²) in [5.41, 5.74) is 0.181. The van der Waals surface area contributed by atoms with Crippen molar-refractivity contribution < 1.29 is 19.0 Å². The van der Waals surface area contributed by atoms with Gasteiger partial charge in [0.15, 0.2) is 0 Å². The van der Waals surface area contributed by atoms with Gasteiger partial charge in [0.2, 0.25) is 0 Å². The Morgan fingerprint density at radius 2 is 2.22 bits per heavy atom. The molecule has 3 rings (SSSR count). The molecule has 1 N–H and O–H groups in total. The fourth-order valence-corrected chi connectivity index (χ4v) is 4.66. The lowest BCUT2D eigenvalue weighted by Crippen LogP contribution is -2.73. The van der Waals surface area contributed by atoms with Crippen LogP contribution in [0.15, 0.2) is 0 Å². The molecule has 23 heavy (non-hydrogen) atoms. The molecule has 1 saturated heterocycles. The molecule has 0 bridgehead atoms. The highest BCUT2D eigenvalue weighted by Crippen LogP contribution is 2.59. The van der Waals surface area contributed by atoms with Gasteiger partial charge in [-0.05, 0) is 19.8 Å². The molecule has 6 heteroatoms. The number of hydrogen-bond donors (Lipinski definition) is 1. The number of nitrogens with one attached hydrogen (secondary N) is 1. The summed E-state index contributed by atoms with van der Waals surface area (Å²) in [6.45, 7) is 7.21. The first-order valence-electron chi connectivity index (χ1n) is 8.90. The van der Waals surface area contributed by atoms with Crippen LogP contribution in [-0.2, 0) is 14.2 Å². The van der Waals surface area contributed by atoms with E-state index in [4.69, 9.17) is 14.2 Å². The number of hydrogen-bond acceptors (Lipinski definition) is 4. The van der Waals surface area contributed by atoms with Gasteiger partial charge in [0.1, 0.15) is 0 Å². The number of carbonyl (C=O) groups excluding carboxylic acids is 1. The van der Waals surface area contributed by atoms with Crippen molar-refractivity contribution in [2.75, 3.05) is 40.0 Å². The predicted molar refractivity (Wildman–Crippen MR) is 86.4 cm³/mol. The van der Waals surface area contributed by atoms with E-state index in [-0.39, 0.29) is 29.7 Å². The van der Waals surface area contributed by atoms with E-state index < -0.39 is 0 Å². The Kier molecular flexibility index (Phi) is 5.13. The Morgan fingerprint density at radius 3 is 2.83 bits per heavy atom. The third kappa shape index (κ3) is 2.96. The molecule has 6 nitrogen and oxygen atoms in total. The Bertz CT molecular complexity index is 427. The number of carbonyl (C=O) groups is 1. The number of rotatable bonds is 5. The molecule has 0 aromatic rings. The van der Waals surface area contributed by atoms with Gasteiger partial charge in [-0.3, -0.25) is 0 Å². The normalized spacial score (nSPS) is 35.5. The van der Waals surface area contributed by atoms with Crippen molar-refractivity contribution >= 4 is 6.03 Å². The minimum Gasteiger partial charge on any atom is -0.380 e. The number of ether oxygens (including phenoxy) is 3. The third-order valence-corrected chi connectivity index (χ3v) is 5.94. The maximum atomic E-state index is 12.7. The largest absolute Gasteiger partial charge is 0.380 e. The SMILES string of the molecule is CCOCC1CN(C(=O)NC2C(C)C(OC)C23CCC3)CCO1. The van der Waals surface area contributed by atoms with E-state index in [1.54, 1.807) is 7.11 Å². The monoisotopic (exact) mass is 326 g/mol. The second kappa shape index (κ2) is 6.95. The van der Waals surface area contributed by atoms with E-state index >= 15 is 0 Å². The average molecular weight is 326 g/mol. The van der Waals surface area contributed by atoms with E-state index in [1.165, 1.54) is 6.42 Å². The van der Waals surface area contributed by atoms with Gasteiger partial charge in [0, 0.05) is 37.6 Å². The van der Waals surface area contributed by atoms with Crippen LogP contribution in [0.4, 0.5) is 4.79 Å². The number of morpholine rings is 1. The molecule has 1 spiro atoms. The zero-order valence-electron chi connectivity index (χ0n) is 14.5. The molecule has 2 saturated carbocycles. The zero-order chi connectivity index (χ0) is 16.4. The summed E-state index contributed by atoms with van der Waals surface area (Å²) in [7, 11) is 1.79. The fourth-order valence-electron chi connectivity index (χ4n) is 4.66. The van der Waals surface area contributed by atoms with Gasteiger partial charge in [-0.2, -0.15) is 0 Å². The molecule has 2 aliphatic carbocycles. The van der Waals surface area contributed by atoms with Gasteiger partial charge in [-0.1, -0.05) is 13.3 Å². The minimum absolute atomic E-state index is 0.0161. The van der Waals surface area contributed by atoms with Gasteiger partial charge in [-0.15, -0.1) is 0 Å². The van der Waals surface area contributed by atoms with E-state index in [2.05, 4.69) is 12.2 Å². The maximum Gasteiger partial charge on any atom is 0.317 e. The molecule has 1 heterocycles. The summed E-state index contributed by atoms with van der Waals surface area (Å²) in [5.74, 6) is 0.379. The van der Waals surface area contributed by atoms with Crippen molar-refractivity contribution in [3.8, 4) is 0 Å². The summed E-state index contributed by atoms with van der Waals surface area (Å²) < 4.78 is 16.8. The van der Waals surface area contributed by atoms with Crippen LogP contribution in [0, 0.1) is 11.3 Å². The van der Waals surface area contributed by atoms with Crippen LogP contribution < -0.4 is 5.32 Å². The fraction of sp³-hybridized carbons (Fsp3) is 0.941. The molecule has 2 amide bonds. The predicted octanol–water partition coefficient (Wildman–Crippen LogP) is 1.64. The summed E-state index contributed by atoms with van der Waals surface area (Å²) >= 11 is 0. The highest BCUT2D eigenvalue weighted by Gasteiger charge is 2.63. The topological polar surface area (TPSA) is 60.0 Å². The van der Waals surface area contributed by atoms with Crippen LogP contribution in [0.5, 0.6) is 0 Å². The van der Waals surface area contributed by atoms with E-state index in [0.717, 1.165) is 12.8 Å². The smallest absolute Gasteiger partial charge is 0.317 e.